The number of halogens is 2. The molecule has 1 aliphatic rings. The first-order valence-electron chi connectivity index (χ1n) is 6.03. The molecule has 0 aliphatic carbocycles. The highest BCUT2D eigenvalue weighted by molar-refractivity contribution is 6.42. The fourth-order valence-corrected chi connectivity index (χ4v) is 2.21. The Balaban J connectivity index is 1.97. The van der Waals surface area contributed by atoms with Crippen LogP contribution in [0.3, 0.4) is 0 Å². The number of nitrogens with one attached hydrogen (secondary N) is 2. The molecule has 0 unspecified atom stereocenters. The number of carbonyl (C=O) groups excluding carboxylic acids is 2. The summed E-state index contributed by atoms with van der Waals surface area (Å²) in [6.07, 6.45) is 0.583. The maximum absolute atomic E-state index is 11.9. The van der Waals surface area contributed by atoms with E-state index in [0.717, 1.165) is 5.71 Å². The van der Waals surface area contributed by atoms with Crippen LogP contribution in [0.1, 0.15) is 19.8 Å². The molecule has 7 heteroatoms. The van der Waals surface area contributed by atoms with Crippen molar-refractivity contribution < 1.29 is 9.59 Å². The van der Waals surface area contributed by atoms with Crippen LogP contribution in [0.25, 0.3) is 0 Å². The van der Waals surface area contributed by atoms with Crippen molar-refractivity contribution in [3.05, 3.63) is 28.2 Å². The second-order valence-electron chi connectivity index (χ2n) is 4.61. The van der Waals surface area contributed by atoms with Gasteiger partial charge in [-0.2, -0.15) is 5.10 Å². The highest BCUT2D eigenvalue weighted by atomic mass is 35.5. The first-order chi connectivity index (χ1) is 9.45. The molecule has 0 aromatic heterocycles. The first-order valence-corrected chi connectivity index (χ1v) is 6.79. The van der Waals surface area contributed by atoms with Crippen molar-refractivity contribution in [2.75, 3.05) is 5.32 Å². The molecular formula is C13H13Cl2N3O2. The van der Waals surface area contributed by atoms with E-state index in [1.807, 2.05) is 6.92 Å². The Morgan fingerprint density at radius 3 is 2.90 bits per heavy atom. The van der Waals surface area contributed by atoms with Gasteiger partial charge >= 0.3 is 0 Å². The van der Waals surface area contributed by atoms with Crippen molar-refractivity contribution in [1.82, 2.24) is 5.43 Å². The van der Waals surface area contributed by atoms with Gasteiger partial charge in [0.15, 0.2) is 0 Å². The van der Waals surface area contributed by atoms with Gasteiger partial charge in [-0.15, -0.1) is 0 Å². The summed E-state index contributed by atoms with van der Waals surface area (Å²) in [6.45, 7) is 1.81. The number of hydrogen-bond acceptors (Lipinski definition) is 3. The average molecular weight is 314 g/mol. The summed E-state index contributed by atoms with van der Waals surface area (Å²) >= 11 is 11.7. The van der Waals surface area contributed by atoms with Crippen LogP contribution in [0, 0.1) is 5.92 Å². The lowest BCUT2D eigenvalue weighted by molar-refractivity contribution is -0.128. The summed E-state index contributed by atoms with van der Waals surface area (Å²) in [7, 11) is 0. The Morgan fingerprint density at radius 2 is 2.20 bits per heavy atom. The summed E-state index contributed by atoms with van der Waals surface area (Å²) in [5.41, 5.74) is 3.75. The van der Waals surface area contributed by atoms with E-state index in [9.17, 15) is 9.59 Å². The summed E-state index contributed by atoms with van der Waals surface area (Å²) < 4.78 is 0. The van der Waals surface area contributed by atoms with Gasteiger partial charge in [-0.3, -0.25) is 9.59 Å². The summed E-state index contributed by atoms with van der Waals surface area (Å²) in [5.74, 6) is -0.881. The highest BCUT2D eigenvalue weighted by Crippen LogP contribution is 2.25. The molecule has 2 amide bonds. The summed E-state index contributed by atoms with van der Waals surface area (Å²) in [6, 6.07) is 4.82. The number of benzene rings is 1. The van der Waals surface area contributed by atoms with Crippen LogP contribution >= 0.6 is 23.2 Å². The zero-order valence-corrected chi connectivity index (χ0v) is 12.3. The fraction of sp³-hybridized carbons (Fsp3) is 0.308. The maximum Gasteiger partial charge on any atom is 0.244 e. The molecule has 0 saturated heterocycles. The minimum Gasteiger partial charge on any atom is -0.326 e. The van der Waals surface area contributed by atoms with E-state index in [0.29, 0.717) is 22.2 Å². The second kappa shape index (κ2) is 6.24. The van der Waals surface area contributed by atoms with Gasteiger partial charge in [-0.25, -0.2) is 5.43 Å². The van der Waals surface area contributed by atoms with Gasteiger partial charge in [0, 0.05) is 17.8 Å². The molecule has 5 nitrogen and oxygen atoms in total. The van der Waals surface area contributed by atoms with E-state index in [1.54, 1.807) is 18.2 Å². The van der Waals surface area contributed by atoms with Crippen LogP contribution in [0.5, 0.6) is 0 Å². The molecule has 0 fully saturated rings. The maximum atomic E-state index is 11.9. The van der Waals surface area contributed by atoms with E-state index in [4.69, 9.17) is 23.2 Å². The zero-order chi connectivity index (χ0) is 14.7. The third-order valence-corrected chi connectivity index (χ3v) is 3.64. The quantitative estimate of drug-likeness (QED) is 0.900. The largest absolute Gasteiger partial charge is 0.326 e. The zero-order valence-electron chi connectivity index (χ0n) is 10.7. The third-order valence-electron chi connectivity index (χ3n) is 2.90. The van der Waals surface area contributed by atoms with Crippen LogP contribution in [-0.4, -0.2) is 17.5 Å². The van der Waals surface area contributed by atoms with Crippen molar-refractivity contribution in [2.45, 2.75) is 19.8 Å². The SMILES string of the molecule is CC1=NNC(=O)[C@H](CC(=O)Nc2ccc(Cl)c(Cl)c2)C1. The van der Waals surface area contributed by atoms with Gasteiger partial charge in [0.25, 0.3) is 0 Å². The molecule has 1 heterocycles. The van der Waals surface area contributed by atoms with E-state index < -0.39 is 5.92 Å². The standard InChI is InChI=1S/C13H13Cl2N3O2/c1-7-4-8(13(20)18-17-7)5-12(19)16-9-2-3-10(14)11(15)6-9/h2-3,6,8H,4-5H2,1H3,(H,16,19)(H,18,20)/t8-/m0/s1. The molecule has 0 radical (unpaired) electrons. The number of nitrogens with zero attached hydrogens (tertiary/aromatic N) is 1. The lowest BCUT2D eigenvalue weighted by Gasteiger charge is -2.19. The van der Waals surface area contributed by atoms with Crippen LogP contribution in [-0.2, 0) is 9.59 Å². The molecule has 106 valence electrons. The minimum absolute atomic E-state index is 0.0962. The van der Waals surface area contributed by atoms with Crippen molar-refractivity contribution in [1.29, 1.82) is 0 Å². The first kappa shape index (κ1) is 14.8. The number of hydrogen-bond donors (Lipinski definition) is 2. The van der Waals surface area contributed by atoms with Gasteiger partial charge in [-0.1, -0.05) is 23.2 Å². The third kappa shape index (κ3) is 3.71. The molecular weight excluding hydrogens is 301 g/mol. The molecule has 1 aromatic carbocycles. The minimum atomic E-state index is -0.393. The Bertz CT molecular complexity index is 587. The predicted octanol–water partition coefficient (Wildman–Crippen LogP) is 2.83. The second-order valence-corrected chi connectivity index (χ2v) is 5.42. The fourth-order valence-electron chi connectivity index (χ4n) is 1.91. The molecule has 1 aromatic rings. The van der Waals surface area contributed by atoms with Gasteiger partial charge in [-0.05, 0) is 31.5 Å². The topological polar surface area (TPSA) is 70.6 Å². The van der Waals surface area contributed by atoms with Crippen LogP contribution in [0.15, 0.2) is 23.3 Å². The van der Waals surface area contributed by atoms with E-state index >= 15 is 0 Å². The normalized spacial score (nSPS) is 18.2. The lowest BCUT2D eigenvalue weighted by Crippen LogP contribution is -2.35. The molecule has 1 atom stereocenters. The summed E-state index contributed by atoms with van der Waals surface area (Å²) in [4.78, 5) is 23.5. The van der Waals surface area contributed by atoms with Gasteiger partial charge < -0.3 is 5.32 Å². The Kier molecular flexibility index (Phi) is 4.62. The average Bonchev–Trinajstić information content (AvgIpc) is 2.38. The summed E-state index contributed by atoms with van der Waals surface area (Å²) in [5, 5.41) is 7.30. The number of anilines is 1. The smallest absolute Gasteiger partial charge is 0.244 e. The molecule has 2 N–H and O–H groups in total. The van der Waals surface area contributed by atoms with Gasteiger partial charge in [0.1, 0.15) is 0 Å². The number of carbonyl (C=O) groups is 2. The van der Waals surface area contributed by atoms with Gasteiger partial charge in [0.2, 0.25) is 11.8 Å². The van der Waals surface area contributed by atoms with E-state index in [1.165, 1.54) is 0 Å². The van der Waals surface area contributed by atoms with E-state index in [-0.39, 0.29) is 18.2 Å². The predicted molar refractivity (Wildman–Crippen MR) is 79.1 cm³/mol. The Morgan fingerprint density at radius 1 is 1.45 bits per heavy atom. The Labute approximate surface area is 126 Å². The van der Waals surface area contributed by atoms with Crippen molar-refractivity contribution in [3.8, 4) is 0 Å². The number of amides is 2. The number of hydrazone groups is 1. The highest BCUT2D eigenvalue weighted by Gasteiger charge is 2.25. The van der Waals surface area contributed by atoms with Crippen molar-refractivity contribution in [2.24, 2.45) is 11.0 Å². The van der Waals surface area contributed by atoms with Gasteiger partial charge in [0.05, 0.1) is 16.0 Å². The van der Waals surface area contributed by atoms with Crippen molar-refractivity contribution in [3.63, 3.8) is 0 Å². The monoisotopic (exact) mass is 313 g/mol. The Hall–Kier alpha value is -1.59. The molecule has 0 bridgehead atoms. The molecule has 20 heavy (non-hydrogen) atoms. The van der Waals surface area contributed by atoms with Crippen LogP contribution in [0.2, 0.25) is 10.0 Å². The molecule has 0 spiro atoms. The molecule has 2 rings (SSSR count). The van der Waals surface area contributed by atoms with Crippen molar-refractivity contribution >= 4 is 46.4 Å². The number of rotatable bonds is 3. The van der Waals surface area contributed by atoms with Crippen LogP contribution < -0.4 is 10.7 Å². The van der Waals surface area contributed by atoms with Crippen LogP contribution in [0.4, 0.5) is 5.69 Å². The molecule has 0 saturated carbocycles. The lowest BCUT2D eigenvalue weighted by atomic mass is 9.96. The van der Waals surface area contributed by atoms with E-state index in [2.05, 4.69) is 15.8 Å². The molecule has 1 aliphatic heterocycles.